The summed E-state index contributed by atoms with van der Waals surface area (Å²) >= 11 is 9.78. The van der Waals surface area contributed by atoms with E-state index in [1.54, 1.807) is 0 Å². The molecule has 1 aromatic carbocycles. The van der Waals surface area contributed by atoms with E-state index in [-0.39, 0.29) is 11.9 Å². The summed E-state index contributed by atoms with van der Waals surface area (Å²) in [6.45, 7) is 6.40. The summed E-state index contributed by atoms with van der Waals surface area (Å²) in [6.07, 6.45) is 0.202. The fourth-order valence-corrected chi connectivity index (χ4v) is 4.18. The third-order valence-electron chi connectivity index (χ3n) is 4.35. The topological polar surface area (TPSA) is 72.4 Å². The molecule has 1 aromatic heterocycles. The molecule has 1 aliphatic rings. The Labute approximate surface area is 177 Å². The molecule has 2 amide bonds. The minimum atomic E-state index is -0.536. The number of nitrogens with one attached hydrogen (secondary N) is 2. The Hall–Kier alpha value is -1.99. The summed E-state index contributed by atoms with van der Waals surface area (Å²) in [5.41, 5.74) is 1.88. The van der Waals surface area contributed by atoms with Crippen molar-refractivity contribution in [2.75, 3.05) is 13.1 Å². The van der Waals surface area contributed by atoms with Gasteiger partial charge in [0, 0.05) is 23.7 Å². The number of hydrogen-bond acceptors (Lipinski definition) is 3. The number of alkyl carbamates (subject to hydrolysis) is 1. The van der Waals surface area contributed by atoms with Gasteiger partial charge in [0.1, 0.15) is 11.3 Å². The van der Waals surface area contributed by atoms with Crippen molar-refractivity contribution < 1.29 is 14.3 Å². The molecule has 0 saturated heterocycles. The Balaban J connectivity index is 1.78. The first-order valence-electron chi connectivity index (χ1n) is 9.07. The van der Waals surface area contributed by atoms with Gasteiger partial charge in [0.15, 0.2) is 0 Å². The number of carbonyl (C=O) groups excluding carboxylic acids is 2. The van der Waals surface area contributed by atoms with Gasteiger partial charge < -0.3 is 19.9 Å². The van der Waals surface area contributed by atoms with Crippen molar-refractivity contribution in [1.29, 1.82) is 0 Å². The van der Waals surface area contributed by atoms with E-state index in [0.717, 1.165) is 15.7 Å². The maximum absolute atomic E-state index is 12.4. The number of halogens is 2. The van der Waals surface area contributed by atoms with Crippen LogP contribution in [0.2, 0.25) is 5.02 Å². The molecule has 150 valence electrons. The highest BCUT2D eigenvalue weighted by Crippen LogP contribution is 2.37. The molecule has 1 aliphatic heterocycles. The van der Waals surface area contributed by atoms with Crippen LogP contribution in [0.5, 0.6) is 0 Å². The fourth-order valence-electron chi connectivity index (χ4n) is 3.17. The lowest BCUT2D eigenvalue weighted by atomic mass is 10.1. The Bertz CT molecular complexity index is 905. The summed E-state index contributed by atoms with van der Waals surface area (Å²) in [7, 11) is 0. The standard InChI is InChI=1S/C20H23BrClN3O3/c1-20(2,3)28-19(27)23-8-7-14-11-24-18(26)16-10-15(17(21)25(14)16)12-5-4-6-13(22)9-12/h4-6,9-10,14H,7-8,11H2,1-3H3,(H,23,27)(H,24,26). The highest BCUT2D eigenvalue weighted by molar-refractivity contribution is 9.10. The number of ether oxygens (including phenoxy) is 1. The van der Waals surface area contributed by atoms with Crippen molar-refractivity contribution in [2.45, 2.75) is 38.8 Å². The van der Waals surface area contributed by atoms with Gasteiger partial charge >= 0.3 is 6.09 Å². The number of amides is 2. The number of benzene rings is 1. The summed E-state index contributed by atoms with van der Waals surface area (Å²) in [5, 5.41) is 6.33. The van der Waals surface area contributed by atoms with Crippen LogP contribution in [0.25, 0.3) is 11.1 Å². The first-order chi connectivity index (χ1) is 13.2. The van der Waals surface area contributed by atoms with Crippen LogP contribution in [0.1, 0.15) is 43.7 Å². The van der Waals surface area contributed by atoms with Gasteiger partial charge in [-0.2, -0.15) is 0 Å². The lowest BCUT2D eigenvalue weighted by Crippen LogP contribution is -2.40. The normalized spacial score (nSPS) is 16.3. The maximum Gasteiger partial charge on any atom is 0.407 e. The fraction of sp³-hybridized carbons (Fsp3) is 0.400. The predicted molar refractivity (Wildman–Crippen MR) is 113 cm³/mol. The van der Waals surface area contributed by atoms with Crippen LogP contribution < -0.4 is 10.6 Å². The Morgan fingerprint density at radius 3 is 2.82 bits per heavy atom. The Morgan fingerprint density at radius 1 is 1.39 bits per heavy atom. The first-order valence-corrected chi connectivity index (χ1v) is 10.2. The highest BCUT2D eigenvalue weighted by Gasteiger charge is 2.29. The smallest absolute Gasteiger partial charge is 0.407 e. The quantitative estimate of drug-likeness (QED) is 0.679. The molecule has 1 unspecified atom stereocenters. The third kappa shape index (κ3) is 4.70. The Morgan fingerprint density at radius 2 is 2.14 bits per heavy atom. The molecule has 0 aliphatic carbocycles. The van der Waals surface area contributed by atoms with Gasteiger partial charge in [-0.15, -0.1) is 0 Å². The summed E-state index contributed by atoms with van der Waals surface area (Å²) in [4.78, 5) is 24.2. The number of aromatic nitrogens is 1. The zero-order valence-electron chi connectivity index (χ0n) is 16.0. The van der Waals surface area contributed by atoms with Crippen LogP contribution in [0.15, 0.2) is 34.9 Å². The number of carbonyl (C=O) groups is 2. The van der Waals surface area contributed by atoms with Gasteiger partial charge in [-0.3, -0.25) is 4.79 Å². The number of hydrogen-bond donors (Lipinski definition) is 2. The maximum atomic E-state index is 12.4. The van der Waals surface area contributed by atoms with Crippen molar-refractivity contribution in [3.63, 3.8) is 0 Å². The largest absolute Gasteiger partial charge is 0.444 e. The van der Waals surface area contributed by atoms with Crippen LogP contribution >= 0.6 is 27.5 Å². The van der Waals surface area contributed by atoms with Crippen molar-refractivity contribution >= 4 is 39.5 Å². The summed E-state index contributed by atoms with van der Waals surface area (Å²) in [6, 6.07) is 9.37. The first kappa shape index (κ1) is 20.7. The predicted octanol–water partition coefficient (Wildman–Crippen LogP) is 4.77. The molecule has 2 N–H and O–H groups in total. The van der Waals surface area contributed by atoms with E-state index in [4.69, 9.17) is 16.3 Å². The molecule has 1 atom stereocenters. The molecule has 0 fully saturated rings. The van der Waals surface area contributed by atoms with Crippen molar-refractivity contribution in [2.24, 2.45) is 0 Å². The SMILES string of the molecule is CC(C)(C)OC(=O)NCCC1CNC(=O)c2cc(-c3cccc(Cl)c3)c(Br)n21. The van der Waals surface area contributed by atoms with E-state index in [1.807, 2.05) is 55.7 Å². The van der Waals surface area contributed by atoms with E-state index in [2.05, 4.69) is 26.6 Å². The van der Waals surface area contributed by atoms with E-state index in [0.29, 0.717) is 30.2 Å². The molecular formula is C20H23BrClN3O3. The van der Waals surface area contributed by atoms with Gasteiger partial charge in [-0.05, 0) is 66.9 Å². The van der Waals surface area contributed by atoms with Gasteiger partial charge in [-0.1, -0.05) is 23.7 Å². The molecule has 3 rings (SSSR count). The molecular weight excluding hydrogens is 446 g/mol. The summed E-state index contributed by atoms with van der Waals surface area (Å²) in [5.74, 6) is -0.120. The average molecular weight is 469 g/mol. The van der Waals surface area contributed by atoms with Gasteiger partial charge in [0.2, 0.25) is 0 Å². The zero-order valence-corrected chi connectivity index (χ0v) is 18.4. The second-order valence-electron chi connectivity index (χ2n) is 7.70. The molecule has 2 heterocycles. The molecule has 2 aromatic rings. The molecule has 0 radical (unpaired) electrons. The van der Waals surface area contributed by atoms with Crippen molar-refractivity contribution in [1.82, 2.24) is 15.2 Å². The van der Waals surface area contributed by atoms with Crippen LogP contribution in [0.4, 0.5) is 4.79 Å². The number of fused-ring (bicyclic) bond motifs is 1. The molecule has 0 bridgehead atoms. The van der Waals surface area contributed by atoms with Crippen molar-refractivity contribution in [3.05, 3.63) is 45.7 Å². The van der Waals surface area contributed by atoms with Gasteiger partial charge in [0.25, 0.3) is 5.91 Å². The van der Waals surface area contributed by atoms with E-state index in [9.17, 15) is 9.59 Å². The lowest BCUT2D eigenvalue weighted by molar-refractivity contribution is 0.0523. The van der Waals surface area contributed by atoms with Crippen LogP contribution in [0.3, 0.4) is 0 Å². The molecule has 8 heteroatoms. The minimum absolute atomic E-state index is 0.00458. The number of rotatable bonds is 4. The van der Waals surface area contributed by atoms with Crippen LogP contribution in [0, 0.1) is 0 Å². The molecule has 6 nitrogen and oxygen atoms in total. The monoisotopic (exact) mass is 467 g/mol. The number of nitrogens with zero attached hydrogens (tertiary/aromatic N) is 1. The molecule has 0 saturated carbocycles. The zero-order chi connectivity index (χ0) is 20.5. The van der Waals surface area contributed by atoms with Gasteiger partial charge in [-0.25, -0.2) is 4.79 Å². The van der Waals surface area contributed by atoms with Crippen LogP contribution in [-0.4, -0.2) is 35.3 Å². The van der Waals surface area contributed by atoms with Gasteiger partial charge in [0.05, 0.1) is 10.6 Å². The third-order valence-corrected chi connectivity index (χ3v) is 5.40. The van der Waals surface area contributed by atoms with E-state index < -0.39 is 11.7 Å². The lowest BCUT2D eigenvalue weighted by Gasteiger charge is -2.28. The average Bonchev–Trinajstić information content (AvgIpc) is 2.94. The van der Waals surface area contributed by atoms with Crippen molar-refractivity contribution in [3.8, 4) is 11.1 Å². The second-order valence-corrected chi connectivity index (χ2v) is 8.88. The van der Waals surface area contributed by atoms with E-state index >= 15 is 0 Å². The Kier molecular flexibility index (Phi) is 6.05. The van der Waals surface area contributed by atoms with Crippen LogP contribution in [-0.2, 0) is 4.74 Å². The molecule has 0 spiro atoms. The van der Waals surface area contributed by atoms with E-state index in [1.165, 1.54) is 0 Å². The minimum Gasteiger partial charge on any atom is -0.444 e. The summed E-state index contributed by atoms with van der Waals surface area (Å²) < 4.78 is 8.06. The molecule has 28 heavy (non-hydrogen) atoms. The second kappa shape index (κ2) is 8.17. The highest BCUT2D eigenvalue weighted by atomic mass is 79.9.